The van der Waals surface area contributed by atoms with Crippen molar-refractivity contribution in [2.75, 3.05) is 6.54 Å². The van der Waals surface area contributed by atoms with E-state index < -0.39 is 5.54 Å². The van der Waals surface area contributed by atoms with Gasteiger partial charge in [-0.05, 0) is 61.8 Å². The van der Waals surface area contributed by atoms with Gasteiger partial charge in [-0.2, -0.15) is 0 Å². The fraction of sp³-hybridized carbons (Fsp3) is 0.615. The molecule has 174 valence electrons. The van der Waals surface area contributed by atoms with Crippen LogP contribution < -0.4 is 5.32 Å². The Morgan fingerprint density at radius 3 is 2.66 bits per heavy atom. The summed E-state index contributed by atoms with van der Waals surface area (Å²) in [7, 11) is 0. The summed E-state index contributed by atoms with van der Waals surface area (Å²) in [6.45, 7) is 11.7. The largest absolute Gasteiger partial charge is 0.463 e. The summed E-state index contributed by atoms with van der Waals surface area (Å²) in [5, 5.41) is 3.36. The molecule has 1 aliphatic heterocycles. The van der Waals surface area contributed by atoms with E-state index in [1.807, 2.05) is 35.8 Å². The predicted octanol–water partition coefficient (Wildman–Crippen LogP) is 4.95. The minimum Gasteiger partial charge on any atom is -0.463 e. The molecule has 2 aromatic rings. The smallest absolute Gasteiger partial charge is 0.271 e. The van der Waals surface area contributed by atoms with E-state index in [0.29, 0.717) is 42.3 Å². The SMILES string of the molecule is CC(C)CCN1C(=O)c2ccc(-c3ccco3)n2C[C@]1(C)C(=O)N[C@@H]1CCC[C@H](C)[C@@H]1C. The second-order valence-corrected chi connectivity index (χ2v) is 10.4. The molecule has 0 unspecified atom stereocenters. The maximum absolute atomic E-state index is 13.8. The third-order valence-corrected chi connectivity index (χ3v) is 7.72. The third kappa shape index (κ3) is 4.00. The van der Waals surface area contributed by atoms with Crippen LogP contribution in [0.2, 0.25) is 0 Å². The highest BCUT2D eigenvalue weighted by molar-refractivity contribution is 6.00. The number of rotatable bonds is 6. The van der Waals surface area contributed by atoms with Gasteiger partial charge in [-0.25, -0.2) is 0 Å². The van der Waals surface area contributed by atoms with E-state index in [0.717, 1.165) is 25.0 Å². The lowest BCUT2D eigenvalue weighted by molar-refractivity contribution is -0.134. The number of amides is 2. The number of hydrogen-bond donors (Lipinski definition) is 1. The minimum atomic E-state index is -0.959. The number of carbonyl (C=O) groups excluding carboxylic acids is 2. The molecule has 1 N–H and O–H groups in total. The summed E-state index contributed by atoms with van der Waals surface area (Å²) in [6, 6.07) is 7.65. The molecule has 0 spiro atoms. The van der Waals surface area contributed by atoms with Crippen molar-refractivity contribution in [3.8, 4) is 11.5 Å². The number of aromatic nitrogens is 1. The van der Waals surface area contributed by atoms with Crippen LogP contribution >= 0.6 is 0 Å². The molecule has 0 radical (unpaired) electrons. The number of hydrogen-bond acceptors (Lipinski definition) is 3. The number of nitrogens with one attached hydrogen (secondary N) is 1. The molecule has 1 fully saturated rings. The average molecular weight is 440 g/mol. The topological polar surface area (TPSA) is 67.5 Å². The van der Waals surface area contributed by atoms with Gasteiger partial charge in [-0.1, -0.05) is 40.5 Å². The first kappa shape index (κ1) is 22.7. The van der Waals surface area contributed by atoms with E-state index in [1.165, 1.54) is 6.42 Å². The highest BCUT2D eigenvalue weighted by atomic mass is 16.3. The Bertz CT molecular complexity index is 961. The van der Waals surface area contributed by atoms with Crippen LogP contribution in [0.5, 0.6) is 0 Å². The van der Waals surface area contributed by atoms with Gasteiger partial charge < -0.3 is 19.2 Å². The summed E-state index contributed by atoms with van der Waals surface area (Å²) >= 11 is 0. The Hall–Kier alpha value is -2.50. The van der Waals surface area contributed by atoms with Gasteiger partial charge in [0, 0.05) is 12.6 Å². The van der Waals surface area contributed by atoms with Crippen LogP contribution in [0.4, 0.5) is 0 Å². The summed E-state index contributed by atoms with van der Waals surface area (Å²) in [5.41, 5.74) is 0.491. The highest BCUT2D eigenvalue weighted by Gasteiger charge is 2.48. The Kier molecular flexibility index (Phi) is 6.24. The standard InChI is InChI=1S/C26H37N3O3/c1-17(2)13-14-29-24(30)22-12-11-21(23-10-7-15-32-23)28(22)16-26(29,5)25(31)27-20-9-6-8-18(3)19(20)4/h7,10-12,15,17-20H,6,8-9,13-14,16H2,1-5H3,(H,27,31)/t18-,19-,20+,26+/m0/s1. The second kappa shape index (κ2) is 8.80. The summed E-state index contributed by atoms with van der Waals surface area (Å²) in [6.07, 6.45) is 5.83. The number of furan rings is 1. The highest BCUT2D eigenvalue weighted by Crippen LogP contribution is 2.35. The van der Waals surface area contributed by atoms with E-state index in [4.69, 9.17) is 4.42 Å². The van der Waals surface area contributed by atoms with E-state index in [1.54, 1.807) is 11.2 Å². The van der Waals surface area contributed by atoms with E-state index in [-0.39, 0.29) is 17.9 Å². The van der Waals surface area contributed by atoms with Gasteiger partial charge in [0.15, 0.2) is 0 Å². The molecule has 6 heteroatoms. The molecular weight excluding hydrogens is 402 g/mol. The van der Waals surface area contributed by atoms with Gasteiger partial charge in [0.05, 0.1) is 18.5 Å². The Morgan fingerprint density at radius 1 is 1.22 bits per heavy atom. The van der Waals surface area contributed by atoms with Crippen molar-refractivity contribution >= 4 is 11.8 Å². The van der Waals surface area contributed by atoms with E-state index >= 15 is 0 Å². The molecule has 4 rings (SSSR count). The summed E-state index contributed by atoms with van der Waals surface area (Å²) in [5.74, 6) is 2.04. The van der Waals surface area contributed by atoms with Gasteiger partial charge in [-0.15, -0.1) is 0 Å². The lowest BCUT2D eigenvalue weighted by Crippen LogP contribution is -2.65. The second-order valence-electron chi connectivity index (χ2n) is 10.4. The van der Waals surface area contributed by atoms with Crippen molar-refractivity contribution in [2.45, 2.75) is 78.4 Å². The first-order valence-electron chi connectivity index (χ1n) is 12.1. The molecule has 32 heavy (non-hydrogen) atoms. The molecule has 0 aromatic carbocycles. The molecule has 1 aliphatic carbocycles. The van der Waals surface area contributed by atoms with Crippen molar-refractivity contribution < 1.29 is 14.0 Å². The molecule has 0 bridgehead atoms. The first-order valence-corrected chi connectivity index (χ1v) is 12.1. The van der Waals surface area contributed by atoms with Gasteiger partial charge in [0.1, 0.15) is 17.0 Å². The van der Waals surface area contributed by atoms with Crippen LogP contribution in [0.1, 0.15) is 70.8 Å². The normalized spacial score (nSPS) is 28.1. The van der Waals surface area contributed by atoms with Crippen LogP contribution in [-0.4, -0.2) is 39.4 Å². The zero-order valence-electron chi connectivity index (χ0n) is 20.1. The van der Waals surface area contributed by atoms with E-state index in [2.05, 4.69) is 33.0 Å². The van der Waals surface area contributed by atoms with Crippen molar-refractivity contribution in [3.63, 3.8) is 0 Å². The quantitative estimate of drug-likeness (QED) is 0.692. The Labute approximate surface area is 191 Å². The van der Waals surface area contributed by atoms with Crippen LogP contribution in [0.3, 0.4) is 0 Å². The maximum atomic E-state index is 13.8. The molecule has 2 amide bonds. The lowest BCUT2D eigenvalue weighted by Gasteiger charge is -2.46. The van der Waals surface area contributed by atoms with E-state index in [9.17, 15) is 9.59 Å². The molecule has 0 saturated heterocycles. The Balaban J connectivity index is 1.68. The van der Waals surface area contributed by atoms with Crippen LogP contribution in [-0.2, 0) is 11.3 Å². The fourth-order valence-electron chi connectivity index (χ4n) is 5.26. The van der Waals surface area contributed by atoms with Crippen molar-refractivity contribution in [3.05, 3.63) is 36.2 Å². The fourth-order valence-corrected chi connectivity index (χ4v) is 5.26. The lowest BCUT2D eigenvalue weighted by atomic mass is 9.77. The third-order valence-electron chi connectivity index (χ3n) is 7.72. The Morgan fingerprint density at radius 2 is 1.97 bits per heavy atom. The molecule has 3 heterocycles. The van der Waals surface area contributed by atoms with Gasteiger partial charge in [0.2, 0.25) is 5.91 Å². The molecule has 1 saturated carbocycles. The van der Waals surface area contributed by atoms with Gasteiger partial charge in [0.25, 0.3) is 5.91 Å². The van der Waals surface area contributed by atoms with Crippen LogP contribution in [0, 0.1) is 17.8 Å². The van der Waals surface area contributed by atoms with Gasteiger partial charge in [-0.3, -0.25) is 9.59 Å². The van der Waals surface area contributed by atoms with Gasteiger partial charge >= 0.3 is 0 Å². The van der Waals surface area contributed by atoms with Crippen LogP contribution in [0.25, 0.3) is 11.5 Å². The molecule has 6 nitrogen and oxygen atoms in total. The predicted molar refractivity (Wildman–Crippen MR) is 125 cm³/mol. The van der Waals surface area contributed by atoms with Crippen LogP contribution in [0.15, 0.2) is 34.9 Å². The molecule has 2 aromatic heterocycles. The zero-order chi connectivity index (χ0) is 23.0. The van der Waals surface area contributed by atoms with Crippen molar-refractivity contribution in [1.82, 2.24) is 14.8 Å². The first-order chi connectivity index (χ1) is 15.2. The minimum absolute atomic E-state index is 0.0506. The number of fused-ring (bicyclic) bond motifs is 1. The number of carbonyl (C=O) groups is 2. The summed E-state index contributed by atoms with van der Waals surface area (Å²) in [4.78, 5) is 29.3. The molecule has 2 aliphatic rings. The zero-order valence-corrected chi connectivity index (χ0v) is 20.1. The van der Waals surface area contributed by atoms with Crippen molar-refractivity contribution in [2.24, 2.45) is 17.8 Å². The monoisotopic (exact) mass is 439 g/mol. The maximum Gasteiger partial charge on any atom is 0.271 e. The molecule has 4 atom stereocenters. The average Bonchev–Trinajstić information content (AvgIpc) is 3.40. The summed E-state index contributed by atoms with van der Waals surface area (Å²) < 4.78 is 7.57. The molecular formula is C26H37N3O3. The number of nitrogens with zero attached hydrogens (tertiary/aromatic N) is 2. The van der Waals surface area contributed by atoms with Crippen molar-refractivity contribution in [1.29, 1.82) is 0 Å².